The Hall–Kier alpha value is -2.51. The van der Waals surface area contributed by atoms with E-state index in [0.717, 1.165) is 41.5 Å². The number of aromatic nitrogens is 1. The van der Waals surface area contributed by atoms with Crippen LogP contribution < -0.4 is 5.63 Å². The number of fused-ring (bicyclic) bond motifs is 1. The van der Waals surface area contributed by atoms with Gasteiger partial charge in [-0.25, -0.2) is 4.79 Å². The van der Waals surface area contributed by atoms with Crippen molar-refractivity contribution in [3.8, 4) is 0 Å². The number of halogens is 1. The van der Waals surface area contributed by atoms with Gasteiger partial charge in [-0.2, -0.15) is 0 Å². The van der Waals surface area contributed by atoms with Crippen LogP contribution in [-0.2, 0) is 6.54 Å². The van der Waals surface area contributed by atoms with Crippen molar-refractivity contribution in [3.05, 3.63) is 74.8 Å². The molecule has 28 heavy (non-hydrogen) atoms. The summed E-state index contributed by atoms with van der Waals surface area (Å²) in [4.78, 5) is 32.8. The van der Waals surface area contributed by atoms with E-state index in [-0.39, 0.29) is 11.5 Å². The molecule has 4 rings (SSSR count). The summed E-state index contributed by atoms with van der Waals surface area (Å²) in [6, 6.07) is 10.8. The third-order valence-electron chi connectivity index (χ3n) is 4.99. The molecule has 1 fully saturated rings. The lowest BCUT2D eigenvalue weighted by Gasteiger charge is -2.22. The molecule has 0 atom stereocenters. The van der Waals surface area contributed by atoms with Crippen molar-refractivity contribution in [1.82, 2.24) is 14.8 Å². The summed E-state index contributed by atoms with van der Waals surface area (Å²) in [6.45, 7) is 3.67. The third-order valence-corrected chi connectivity index (χ3v) is 5.48. The Balaban J connectivity index is 1.49. The Morgan fingerprint density at radius 3 is 2.71 bits per heavy atom. The molecule has 1 aliphatic rings. The Kier molecular flexibility index (Phi) is 5.54. The van der Waals surface area contributed by atoms with E-state index >= 15 is 0 Å². The van der Waals surface area contributed by atoms with E-state index in [4.69, 9.17) is 4.42 Å². The number of hydrogen-bond donors (Lipinski definition) is 0. The predicted molar refractivity (Wildman–Crippen MR) is 110 cm³/mol. The first kappa shape index (κ1) is 18.8. The molecule has 0 spiro atoms. The van der Waals surface area contributed by atoms with Crippen molar-refractivity contribution < 1.29 is 9.21 Å². The molecular weight excluding hydrogens is 422 g/mol. The standard InChI is InChI=1S/C21H20BrN3O3/c22-17-2-3-18-16(12-20(26)28-19(18)13-17)14-24-8-1-9-25(11-10-24)21(27)15-4-6-23-7-5-15/h2-7,12-13H,1,8-11,14H2. The van der Waals surface area contributed by atoms with Crippen LogP contribution in [0, 0.1) is 0 Å². The van der Waals surface area contributed by atoms with E-state index in [1.807, 2.05) is 23.1 Å². The highest BCUT2D eigenvalue weighted by Gasteiger charge is 2.21. The van der Waals surface area contributed by atoms with Crippen LogP contribution in [0.4, 0.5) is 0 Å². The van der Waals surface area contributed by atoms with Gasteiger partial charge >= 0.3 is 5.63 Å². The molecule has 1 saturated heterocycles. The van der Waals surface area contributed by atoms with Gasteiger partial charge in [0.2, 0.25) is 0 Å². The van der Waals surface area contributed by atoms with Crippen molar-refractivity contribution in [2.45, 2.75) is 13.0 Å². The summed E-state index contributed by atoms with van der Waals surface area (Å²) in [5.41, 5.74) is 1.86. The molecule has 1 amide bonds. The Morgan fingerprint density at radius 2 is 1.89 bits per heavy atom. The van der Waals surface area contributed by atoms with Gasteiger partial charge in [-0.05, 0) is 42.3 Å². The van der Waals surface area contributed by atoms with Crippen LogP contribution in [0.1, 0.15) is 22.3 Å². The minimum absolute atomic E-state index is 0.0416. The van der Waals surface area contributed by atoms with Gasteiger partial charge in [-0.15, -0.1) is 0 Å². The van der Waals surface area contributed by atoms with E-state index < -0.39 is 0 Å². The molecule has 0 saturated carbocycles. The molecule has 3 aromatic rings. The summed E-state index contributed by atoms with van der Waals surface area (Å²) in [5.74, 6) is 0.0416. The maximum atomic E-state index is 12.7. The SMILES string of the molecule is O=C(c1ccncc1)N1CCCN(Cc2cc(=O)oc3cc(Br)ccc23)CC1. The molecule has 1 aliphatic heterocycles. The number of carbonyl (C=O) groups excluding carboxylic acids is 1. The highest BCUT2D eigenvalue weighted by atomic mass is 79.9. The Labute approximate surface area is 170 Å². The van der Waals surface area contributed by atoms with Crippen molar-refractivity contribution in [2.75, 3.05) is 26.2 Å². The first-order chi connectivity index (χ1) is 13.6. The maximum absolute atomic E-state index is 12.7. The average molecular weight is 442 g/mol. The fourth-order valence-corrected chi connectivity index (χ4v) is 3.92. The number of pyridine rings is 1. The molecule has 0 unspecified atom stereocenters. The van der Waals surface area contributed by atoms with Crippen LogP contribution in [0.15, 0.2) is 62.5 Å². The molecule has 0 radical (unpaired) electrons. The fourth-order valence-electron chi connectivity index (χ4n) is 3.58. The summed E-state index contributed by atoms with van der Waals surface area (Å²) < 4.78 is 6.21. The van der Waals surface area contributed by atoms with E-state index in [2.05, 4.69) is 25.8 Å². The number of rotatable bonds is 3. The topological polar surface area (TPSA) is 66.7 Å². The molecule has 0 bridgehead atoms. The van der Waals surface area contributed by atoms with Gasteiger partial charge in [-0.1, -0.05) is 15.9 Å². The Bertz CT molecular complexity index is 1050. The third kappa shape index (κ3) is 4.15. The second-order valence-corrected chi connectivity index (χ2v) is 7.80. The van der Waals surface area contributed by atoms with Crippen LogP contribution in [0.5, 0.6) is 0 Å². The highest BCUT2D eigenvalue weighted by molar-refractivity contribution is 9.10. The van der Waals surface area contributed by atoms with Crippen LogP contribution in [0.2, 0.25) is 0 Å². The van der Waals surface area contributed by atoms with E-state index in [1.54, 1.807) is 30.6 Å². The first-order valence-electron chi connectivity index (χ1n) is 9.24. The fraction of sp³-hybridized carbons (Fsp3) is 0.286. The summed E-state index contributed by atoms with van der Waals surface area (Å²) in [7, 11) is 0. The van der Waals surface area contributed by atoms with Gasteiger partial charge in [0.15, 0.2) is 0 Å². The number of carbonyl (C=O) groups is 1. The average Bonchev–Trinajstić information content (AvgIpc) is 2.93. The van der Waals surface area contributed by atoms with Crippen molar-refractivity contribution in [1.29, 1.82) is 0 Å². The molecule has 6 nitrogen and oxygen atoms in total. The molecule has 0 N–H and O–H groups in total. The molecule has 7 heteroatoms. The van der Waals surface area contributed by atoms with Gasteiger partial charge < -0.3 is 9.32 Å². The van der Waals surface area contributed by atoms with Crippen LogP contribution in [0.25, 0.3) is 11.0 Å². The van der Waals surface area contributed by atoms with E-state index in [0.29, 0.717) is 24.2 Å². The number of nitrogens with zero attached hydrogens (tertiary/aromatic N) is 3. The monoisotopic (exact) mass is 441 g/mol. The largest absolute Gasteiger partial charge is 0.423 e. The Morgan fingerprint density at radius 1 is 1.07 bits per heavy atom. The highest BCUT2D eigenvalue weighted by Crippen LogP contribution is 2.23. The van der Waals surface area contributed by atoms with Gasteiger partial charge in [0.05, 0.1) is 0 Å². The number of benzene rings is 1. The second kappa shape index (κ2) is 8.24. The van der Waals surface area contributed by atoms with Crippen LogP contribution >= 0.6 is 15.9 Å². The number of hydrogen-bond acceptors (Lipinski definition) is 5. The molecular formula is C21H20BrN3O3. The van der Waals surface area contributed by atoms with Gasteiger partial charge in [0.1, 0.15) is 5.58 Å². The summed E-state index contributed by atoms with van der Waals surface area (Å²) in [5, 5.41) is 0.941. The summed E-state index contributed by atoms with van der Waals surface area (Å²) in [6.07, 6.45) is 4.17. The second-order valence-electron chi connectivity index (χ2n) is 6.89. The first-order valence-corrected chi connectivity index (χ1v) is 10.0. The molecule has 0 aliphatic carbocycles. The van der Waals surface area contributed by atoms with Crippen LogP contribution in [0.3, 0.4) is 0 Å². The molecule has 144 valence electrons. The zero-order chi connectivity index (χ0) is 19.5. The van der Waals surface area contributed by atoms with Gasteiger partial charge in [-0.3, -0.25) is 14.7 Å². The van der Waals surface area contributed by atoms with E-state index in [1.165, 1.54) is 0 Å². The zero-order valence-electron chi connectivity index (χ0n) is 15.3. The van der Waals surface area contributed by atoms with Gasteiger partial charge in [0, 0.05) is 66.6 Å². The zero-order valence-corrected chi connectivity index (χ0v) is 16.9. The lowest BCUT2D eigenvalue weighted by Crippen LogP contribution is -2.35. The summed E-state index contributed by atoms with van der Waals surface area (Å²) >= 11 is 3.42. The predicted octanol–water partition coefficient (Wildman–Crippen LogP) is 3.30. The molecule has 3 heterocycles. The van der Waals surface area contributed by atoms with Crippen molar-refractivity contribution in [3.63, 3.8) is 0 Å². The normalized spacial score (nSPS) is 15.5. The van der Waals surface area contributed by atoms with E-state index in [9.17, 15) is 9.59 Å². The molecule has 1 aromatic carbocycles. The number of amides is 1. The lowest BCUT2D eigenvalue weighted by atomic mass is 10.1. The minimum Gasteiger partial charge on any atom is -0.423 e. The van der Waals surface area contributed by atoms with Crippen molar-refractivity contribution in [2.24, 2.45) is 0 Å². The van der Waals surface area contributed by atoms with Crippen LogP contribution in [-0.4, -0.2) is 46.9 Å². The molecule has 2 aromatic heterocycles. The quantitative estimate of drug-likeness (QED) is 0.583. The lowest BCUT2D eigenvalue weighted by molar-refractivity contribution is 0.0761. The minimum atomic E-state index is -0.343. The van der Waals surface area contributed by atoms with Crippen molar-refractivity contribution >= 4 is 32.8 Å². The van der Waals surface area contributed by atoms with Gasteiger partial charge in [0.25, 0.3) is 5.91 Å². The maximum Gasteiger partial charge on any atom is 0.336 e. The smallest absolute Gasteiger partial charge is 0.336 e.